The number of ether oxygens (including phenoxy) is 2. The second-order valence-electron chi connectivity index (χ2n) is 7.51. The fraction of sp³-hybridized carbons (Fsp3) is 0.240. The first kappa shape index (κ1) is 21.4. The number of nitrogens with zero attached hydrogens (tertiary/aromatic N) is 2. The van der Waals surface area contributed by atoms with Gasteiger partial charge in [0.2, 0.25) is 0 Å². The van der Waals surface area contributed by atoms with Crippen LogP contribution in [0, 0.1) is 0 Å². The highest BCUT2D eigenvalue weighted by molar-refractivity contribution is 5.97. The van der Waals surface area contributed by atoms with E-state index >= 15 is 0 Å². The summed E-state index contributed by atoms with van der Waals surface area (Å²) in [5.41, 5.74) is 5.31. The number of esters is 2. The van der Waals surface area contributed by atoms with E-state index in [1.807, 2.05) is 42.5 Å². The van der Waals surface area contributed by atoms with E-state index in [0.29, 0.717) is 17.8 Å². The number of carbonyl (C=O) groups is 2. The molecule has 2 aromatic heterocycles. The van der Waals surface area contributed by atoms with Gasteiger partial charge in [0, 0.05) is 6.42 Å². The molecule has 7 nitrogen and oxygen atoms in total. The Balaban J connectivity index is 1.67. The summed E-state index contributed by atoms with van der Waals surface area (Å²) in [6.45, 7) is 2.71. The normalized spacial score (nSPS) is 11.0. The van der Waals surface area contributed by atoms with E-state index < -0.39 is 5.97 Å². The van der Waals surface area contributed by atoms with Crippen LogP contribution in [0.15, 0.2) is 54.6 Å². The lowest BCUT2D eigenvalue weighted by molar-refractivity contribution is 0.0589. The molecular formula is C25H25N3O4. The molecule has 0 aliphatic rings. The van der Waals surface area contributed by atoms with E-state index in [4.69, 9.17) is 14.5 Å². The van der Waals surface area contributed by atoms with Crippen molar-refractivity contribution in [3.05, 3.63) is 77.2 Å². The van der Waals surface area contributed by atoms with E-state index in [0.717, 1.165) is 46.5 Å². The van der Waals surface area contributed by atoms with Crippen molar-refractivity contribution < 1.29 is 19.1 Å². The molecule has 0 radical (unpaired) electrons. The molecular weight excluding hydrogens is 406 g/mol. The van der Waals surface area contributed by atoms with Crippen molar-refractivity contribution >= 4 is 23.1 Å². The molecule has 0 atom stereocenters. The molecule has 32 heavy (non-hydrogen) atoms. The SMILES string of the molecule is CCCc1nc2cc(C(=O)OC)[nH]c2n1Cc1ccc(-c2ccccc2C(=O)OC)cc1. The first-order valence-corrected chi connectivity index (χ1v) is 10.5. The summed E-state index contributed by atoms with van der Waals surface area (Å²) in [6.07, 6.45) is 1.80. The van der Waals surface area contributed by atoms with Crippen LogP contribution in [-0.4, -0.2) is 40.7 Å². The molecule has 164 valence electrons. The minimum Gasteiger partial charge on any atom is -0.465 e. The Kier molecular flexibility index (Phi) is 6.07. The molecule has 2 heterocycles. The number of imidazole rings is 1. The maximum absolute atomic E-state index is 12.1. The number of methoxy groups -OCH3 is 2. The Hall–Kier alpha value is -3.87. The number of carbonyl (C=O) groups excluding carboxylic acids is 2. The van der Waals surface area contributed by atoms with Crippen molar-refractivity contribution in [1.29, 1.82) is 0 Å². The van der Waals surface area contributed by atoms with Crippen molar-refractivity contribution in [2.24, 2.45) is 0 Å². The van der Waals surface area contributed by atoms with Gasteiger partial charge in [-0.1, -0.05) is 49.4 Å². The Bertz CT molecular complexity index is 1270. The van der Waals surface area contributed by atoms with Gasteiger partial charge in [-0.2, -0.15) is 0 Å². The Labute approximate surface area is 186 Å². The standard InChI is InChI=1S/C25H25N3O4/c1-4-7-22-26-20-14-21(25(30)32-3)27-23(20)28(22)15-16-10-12-17(13-11-16)18-8-5-6-9-19(18)24(29)31-2/h5-6,8-14,27H,4,7,15H2,1-3H3. The summed E-state index contributed by atoms with van der Waals surface area (Å²) in [6, 6.07) is 17.2. The van der Waals surface area contributed by atoms with Gasteiger partial charge in [-0.3, -0.25) is 0 Å². The molecule has 0 saturated carbocycles. The van der Waals surface area contributed by atoms with E-state index in [1.54, 1.807) is 12.1 Å². The third-order valence-electron chi connectivity index (χ3n) is 5.42. The van der Waals surface area contributed by atoms with Crippen molar-refractivity contribution in [2.45, 2.75) is 26.3 Å². The first-order valence-electron chi connectivity index (χ1n) is 10.5. The average molecular weight is 431 g/mol. The smallest absolute Gasteiger partial charge is 0.354 e. The van der Waals surface area contributed by atoms with Gasteiger partial charge in [-0.15, -0.1) is 0 Å². The molecule has 0 bridgehead atoms. The van der Waals surface area contributed by atoms with Crippen LogP contribution in [0.5, 0.6) is 0 Å². The lowest BCUT2D eigenvalue weighted by atomic mass is 9.98. The van der Waals surface area contributed by atoms with Crippen LogP contribution in [0.1, 0.15) is 45.6 Å². The summed E-state index contributed by atoms with van der Waals surface area (Å²) >= 11 is 0. The number of rotatable bonds is 7. The van der Waals surface area contributed by atoms with Gasteiger partial charge >= 0.3 is 11.9 Å². The van der Waals surface area contributed by atoms with Crippen molar-refractivity contribution in [3.63, 3.8) is 0 Å². The number of aromatic nitrogens is 3. The predicted octanol–water partition coefficient (Wildman–Crippen LogP) is 4.61. The van der Waals surface area contributed by atoms with E-state index in [1.165, 1.54) is 14.2 Å². The van der Waals surface area contributed by atoms with Gasteiger partial charge in [0.05, 0.1) is 26.3 Å². The van der Waals surface area contributed by atoms with Gasteiger partial charge in [0.25, 0.3) is 0 Å². The number of aryl methyl sites for hydroxylation is 1. The van der Waals surface area contributed by atoms with Gasteiger partial charge in [-0.25, -0.2) is 14.6 Å². The highest BCUT2D eigenvalue weighted by Gasteiger charge is 2.17. The Morgan fingerprint density at radius 2 is 1.72 bits per heavy atom. The van der Waals surface area contributed by atoms with Gasteiger partial charge < -0.3 is 19.0 Å². The summed E-state index contributed by atoms with van der Waals surface area (Å²) in [5, 5.41) is 0. The molecule has 4 aromatic rings. The molecule has 0 spiro atoms. The Morgan fingerprint density at radius 1 is 1.00 bits per heavy atom. The van der Waals surface area contributed by atoms with Crippen LogP contribution in [0.2, 0.25) is 0 Å². The highest BCUT2D eigenvalue weighted by Crippen LogP contribution is 2.26. The molecule has 2 aromatic carbocycles. The molecule has 0 aliphatic carbocycles. The van der Waals surface area contributed by atoms with Crippen molar-refractivity contribution in [1.82, 2.24) is 14.5 Å². The quantitative estimate of drug-likeness (QED) is 0.432. The summed E-state index contributed by atoms with van der Waals surface area (Å²) in [7, 11) is 2.74. The van der Waals surface area contributed by atoms with Crippen LogP contribution in [-0.2, 0) is 22.4 Å². The minimum absolute atomic E-state index is 0.358. The third kappa shape index (κ3) is 4.01. The summed E-state index contributed by atoms with van der Waals surface area (Å²) in [4.78, 5) is 31.9. The van der Waals surface area contributed by atoms with Crippen LogP contribution in [0.4, 0.5) is 0 Å². The van der Waals surface area contributed by atoms with Crippen LogP contribution in [0.3, 0.4) is 0 Å². The zero-order valence-corrected chi connectivity index (χ0v) is 18.3. The van der Waals surface area contributed by atoms with Crippen LogP contribution < -0.4 is 0 Å². The maximum atomic E-state index is 12.1. The fourth-order valence-electron chi connectivity index (χ4n) is 3.85. The van der Waals surface area contributed by atoms with Gasteiger partial charge in [0.1, 0.15) is 22.7 Å². The number of nitrogens with one attached hydrogen (secondary N) is 1. The zero-order valence-electron chi connectivity index (χ0n) is 18.3. The molecule has 0 aliphatic heterocycles. The number of hydrogen-bond donors (Lipinski definition) is 1. The average Bonchev–Trinajstić information content (AvgIpc) is 3.38. The van der Waals surface area contributed by atoms with E-state index in [2.05, 4.69) is 16.5 Å². The number of fused-ring (bicyclic) bond motifs is 1. The van der Waals surface area contributed by atoms with Gasteiger partial charge in [0.15, 0.2) is 0 Å². The second kappa shape index (κ2) is 9.09. The lowest BCUT2D eigenvalue weighted by Crippen LogP contribution is -2.07. The molecule has 0 saturated heterocycles. The van der Waals surface area contributed by atoms with Crippen molar-refractivity contribution in [3.8, 4) is 11.1 Å². The molecule has 7 heteroatoms. The Morgan fingerprint density at radius 3 is 2.41 bits per heavy atom. The number of benzene rings is 2. The number of aromatic amines is 1. The number of hydrogen-bond acceptors (Lipinski definition) is 5. The molecule has 0 unspecified atom stereocenters. The number of H-pyrrole nitrogens is 1. The molecule has 0 amide bonds. The highest BCUT2D eigenvalue weighted by atomic mass is 16.5. The molecule has 1 N–H and O–H groups in total. The third-order valence-corrected chi connectivity index (χ3v) is 5.42. The van der Waals surface area contributed by atoms with E-state index in [9.17, 15) is 9.59 Å². The van der Waals surface area contributed by atoms with Crippen LogP contribution >= 0.6 is 0 Å². The van der Waals surface area contributed by atoms with Crippen LogP contribution in [0.25, 0.3) is 22.3 Å². The summed E-state index contributed by atoms with van der Waals surface area (Å²) < 4.78 is 11.8. The predicted molar refractivity (Wildman–Crippen MR) is 122 cm³/mol. The molecule has 4 rings (SSSR count). The first-order chi connectivity index (χ1) is 15.5. The minimum atomic E-state index is -0.416. The zero-order chi connectivity index (χ0) is 22.7. The monoisotopic (exact) mass is 431 g/mol. The van der Waals surface area contributed by atoms with E-state index in [-0.39, 0.29) is 5.97 Å². The lowest BCUT2D eigenvalue weighted by Gasteiger charge is -2.11. The second-order valence-corrected chi connectivity index (χ2v) is 7.51. The largest absolute Gasteiger partial charge is 0.465 e. The van der Waals surface area contributed by atoms with Crippen molar-refractivity contribution in [2.75, 3.05) is 14.2 Å². The molecule has 0 fully saturated rings. The maximum Gasteiger partial charge on any atom is 0.354 e. The topological polar surface area (TPSA) is 86.2 Å². The fourth-order valence-corrected chi connectivity index (χ4v) is 3.85. The van der Waals surface area contributed by atoms with Gasteiger partial charge in [-0.05, 0) is 35.2 Å². The summed E-state index contributed by atoms with van der Waals surface area (Å²) in [5.74, 6) is 0.188.